The number of hydrogen-bond acceptors (Lipinski definition) is 4. The van der Waals surface area contributed by atoms with Gasteiger partial charge < -0.3 is 10.5 Å². The highest BCUT2D eigenvalue weighted by Gasteiger charge is 2.20. The first-order valence-corrected chi connectivity index (χ1v) is 8.04. The van der Waals surface area contributed by atoms with E-state index in [0.717, 1.165) is 10.2 Å². The topological polar surface area (TPSA) is 89.8 Å². The predicted molar refractivity (Wildman–Crippen MR) is 90.3 cm³/mol. The molecule has 0 fully saturated rings. The second-order valence-corrected chi connectivity index (χ2v) is 5.94. The number of imidazole rings is 1. The molecule has 0 saturated carbocycles. The van der Waals surface area contributed by atoms with Crippen molar-refractivity contribution in [3.8, 4) is 5.75 Å². The van der Waals surface area contributed by atoms with Crippen molar-refractivity contribution in [1.82, 2.24) is 14.5 Å². The van der Waals surface area contributed by atoms with Crippen molar-refractivity contribution >= 4 is 33.0 Å². The number of aromatic amines is 1. The molecule has 7 nitrogen and oxygen atoms in total. The van der Waals surface area contributed by atoms with Crippen LogP contribution in [-0.4, -0.2) is 21.1 Å². The summed E-state index contributed by atoms with van der Waals surface area (Å²) in [5, 5.41) is 0. The smallest absolute Gasteiger partial charge is 0.304 e. The lowest BCUT2D eigenvalue weighted by Crippen LogP contribution is -2.39. The molecule has 0 spiro atoms. The Kier molecular flexibility index (Phi) is 4.33. The fraction of sp³-hybridized carbons (Fsp3) is 0.267. The number of halogens is 1. The molecule has 0 amide bonds. The zero-order valence-electron chi connectivity index (χ0n) is 12.6. The third-order valence-corrected chi connectivity index (χ3v) is 4.02. The highest BCUT2D eigenvalue weighted by molar-refractivity contribution is 9.10. The third-order valence-electron chi connectivity index (χ3n) is 3.49. The Bertz CT molecular complexity index is 885. The van der Waals surface area contributed by atoms with Crippen molar-refractivity contribution in [2.75, 3.05) is 12.3 Å². The normalized spacial score (nSPS) is 11.0. The van der Waals surface area contributed by atoms with Crippen molar-refractivity contribution in [2.45, 2.75) is 20.0 Å². The van der Waals surface area contributed by atoms with Crippen LogP contribution in [0.3, 0.4) is 0 Å². The summed E-state index contributed by atoms with van der Waals surface area (Å²) >= 11 is 3.38. The van der Waals surface area contributed by atoms with E-state index in [2.05, 4.69) is 25.9 Å². The summed E-state index contributed by atoms with van der Waals surface area (Å²) in [6, 6.07) is 7.62. The van der Waals surface area contributed by atoms with E-state index in [0.29, 0.717) is 30.9 Å². The van der Waals surface area contributed by atoms with Gasteiger partial charge >= 0.3 is 5.56 Å². The van der Waals surface area contributed by atoms with Crippen LogP contribution in [0.15, 0.2) is 39.9 Å². The molecule has 0 unspecified atom stereocenters. The van der Waals surface area contributed by atoms with Crippen LogP contribution >= 0.6 is 15.9 Å². The van der Waals surface area contributed by atoms with Gasteiger partial charge in [0.2, 0.25) is 12.3 Å². The Morgan fingerprint density at radius 3 is 2.83 bits per heavy atom. The molecule has 2 aromatic heterocycles. The molecule has 3 aromatic rings. The van der Waals surface area contributed by atoms with Crippen LogP contribution in [0.2, 0.25) is 0 Å². The van der Waals surface area contributed by atoms with E-state index in [-0.39, 0.29) is 11.5 Å². The van der Waals surface area contributed by atoms with Crippen LogP contribution in [-0.2, 0) is 13.1 Å². The van der Waals surface area contributed by atoms with Crippen molar-refractivity contribution < 1.29 is 9.30 Å². The summed E-state index contributed by atoms with van der Waals surface area (Å²) < 4.78 is 10.4. The van der Waals surface area contributed by atoms with Gasteiger partial charge in [0.25, 0.3) is 11.2 Å². The Morgan fingerprint density at radius 2 is 2.13 bits per heavy atom. The number of aromatic nitrogens is 4. The van der Waals surface area contributed by atoms with Gasteiger partial charge in [0.15, 0.2) is 0 Å². The SMILES string of the molecule is CCn1c[n+](CCOc2ccc(Br)cc2)c2c(=O)[nH]c(N)nc21. The summed E-state index contributed by atoms with van der Waals surface area (Å²) in [7, 11) is 0. The second kappa shape index (κ2) is 6.41. The number of hydrogen-bond donors (Lipinski definition) is 2. The van der Waals surface area contributed by atoms with E-state index in [1.807, 2.05) is 46.7 Å². The average Bonchev–Trinajstić information content (AvgIpc) is 2.87. The average molecular weight is 379 g/mol. The zero-order chi connectivity index (χ0) is 16.4. The number of benzene rings is 1. The molecular weight excluding hydrogens is 362 g/mol. The molecular formula is C15H17BrN5O2+. The van der Waals surface area contributed by atoms with Crippen LogP contribution in [0.25, 0.3) is 11.2 Å². The van der Waals surface area contributed by atoms with E-state index in [9.17, 15) is 4.79 Å². The largest absolute Gasteiger partial charge is 0.489 e. The van der Waals surface area contributed by atoms with Crippen LogP contribution in [0.1, 0.15) is 6.92 Å². The number of nitrogens with one attached hydrogen (secondary N) is 1. The molecule has 0 aliphatic heterocycles. The minimum Gasteiger partial charge on any atom is -0.489 e. The standard InChI is InChI=1S/C15H16BrN5O2/c1-2-20-9-21(12-13(20)18-15(17)19-14(12)22)7-8-23-11-5-3-10(16)4-6-11/h3-6,9H,2,7-8H2,1H3,(H2-,17,18,19,22)/p+1. The van der Waals surface area contributed by atoms with Gasteiger partial charge in [-0.05, 0) is 31.2 Å². The summed E-state index contributed by atoms with van der Waals surface area (Å²) in [5.41, 5.74) is 6.46. The number of anilines is 1. The van der Waals surface area contributed by atoms with Gasteiger partial charge in [-0.2, -0.15) is 4.98 Å². The first-order valence-electron chi connectivity index (χ1n) is 7.25. The number of rotatable bonds is 5. The van der Waals surface area contributed by atoms with Gasteiger partial charge in [-0.25, -0.2) is 9.13 Å². The van der Waals surface area contributed by atoms with Crippen LogP contribution in [0.4, 0.5) is 5.95 Å². The van der Waals surface area contributed by atoms with Crippen LogP contribution in [0.5, 0.6) is 5.75 Å². The Hall–Kier alpha value is -2.35. The summed E-state index contributed by atoms with van der Waals surface area (Å²) in [6.45, 7) is 3.67. The van der Waals surface area contributed by atoms with Crippen LogP contribution in [0, 0.1) is 0 Å². The molecule has 120 valence electrons. The number of H-pyrrole nitrogens is 1. The Morgan fingerprint density at radius 1 is 1.39 bits per heavy atom. The molecule has 0 bridgehead atoms. The highest BCUT2D eigenvalue weighted by Crippen LogP contribution is 2.15. The number of nitrogen functional groups attached to an aromatic ring is 1. The summed E-state index contributed by atoms with van der Waals surface area (Å²) in [6.07, 6.45) is 1.86. The minimum atomic E-state index is -0.247. The fourth-order valence-electron chi connectivity index (χ4n) is 2.41. The molecule has 2 heterocycles. The number of aryl methyl sites for hydroxylation is 1. The Balaban J connectivity index is 1.83. The van der Waals surface area contributed by atoms with Gasteiger partial charge in [0.1, 0.15) is 18.9 Å². The maximum absolute atomic E-state index is 12.2. The molecule has 1 aromatic carbocycles. The van der Waals surface area contributed by atoms with Crippen LogP contribution < -0.4 is 20.6 Å². The number of fused-ring (bicyclic) bond motifs is 1. The highest BCUT2D eigenvalue weighted by atomic mass is 79.9. The number of ether oxygens (including phenoxy) is 1. The number of nitrogens with two attached hydrogens (primary N) is 1. The zero-order valence-corrected chi connectivity index (χ0v) is 14.2. The van der Waals surface area contributed by atoms with Gasteiger partial charge in [-0.1, -0.05) is 15.9 Å². The maximum atomic E-state index is 12.2. The van der Waals surface area contributed by atoms with E-state index in [1.165, 1.54) is 0 Å². The van der Waals surface area contributed by atoms with Gasteiger partial charge in [-0.3, -0.25) is 9.78 Å². The quantitative estimate of drug-likeness (QED) is 0.657. The van der Waals surface area contributed by atoms with Crippen molar-refractivity contribution in [1.29, 1.82) is 0 Å². The van der Waals surface area contributed by atoms with E-state index in [4.69, 9.17) is 10.5 Å². The lowest BCUT2D eigenvalue weighted by Gasteiger charge is -2.04. The van der Waals surface area contributed by atoms with Crippen molar-refractivity contribution in [3.05, 3.63) is 45.4 Å². The molecule has 3 rings (SSSR count). The van der Waals surface area contributed by atoms with Gasteiger partial charge in [-0.15, -0.1) is 0 Å². The van der Waals surface area contributed by atoms with Crippen molar-refractivity contribution in [3.63, 3.8) is 0 Å². The Labute approximate surface area is 140 Å². The third kappa shape index (κ3) is 3.21. The lowest BCUT2D eigenvalue weighted by atomic mass is 10.3. The van der Waals surface area contributed by atoms with Gasteiger partial charge in [0, 0.05) is 4.47 Å². The van der Waals surface area contributed by atoms with Gasteiger partial charge in [0.05, 0.1) is 6.54 Å². The molecule has 23 heavy (non-hydrogen) atoms. The molecule has 0 atom stereocenters. The minimum absolute atomic E-state index is 0.119. The van der Waals surface area contributed by atoms with E-state index < -0.39 is 0 Å². The summed E-state index contributed by atoms with van der Waals surface area (Å²) in [5.74, 6) is 0.901. The first kappa shape index (κ1) is 15.5. The summed E-state index contributed by atoms with van der Waals surface area (Å²) in [4.78, 5) is 18.9. The lowest BCUT2D eigenvalue weighted by molar-refractivity contribution is -0.673. The molecule has 8 heteroatoms. The fourth-order valence-corrected chi connectivity index (χ4v) is 2.67. The maximum Gasteiger partial charge on any atom is 0.304 e. The predicted octanol–water partition coefficient (Wildman–Crippen LogP) is 1.46. The van der Waals surface area contributed by atoms with E-state index >= 15 is 0 Å². The molecule has 3 N–H and O–H groups in total. The number of nitrogens with zero attached hydrogens (tertiary/aromatic N) is 3. The molecule has 0 aliphatic carbocycles. The monoisotopic (exact) mass is 378 g/mol. The molecule has 0 aliphatic rings. The molecule has 0 radical (unpaired) electrons. The first-order chi connectivity index (χ1) is 11.1. The van der Waals surface area contributed by atoms with Crippen molar-refractivity contribution in [2.24, 2.45) is 0 Å². The van der Waals surface area contributed by atoms with E-state index in [1.54, 1.807) is 0 Å². The second-order valence-electron chi connectivity index (χ2n) is 5.02. The molecule has 0 saturated heterocycles.